The van der Waals surface area contributed by atoms with Crippen LogP contribution in [0.5, 0.6) is 0 Å². The Balaban J connectivity index is 2.15. The lowest BCUT2D eigenvalue weighted by Crippen LogP contribution is -2.02. The first-order chi connectivity index (χ1) is 9.47. The van der Waals surface area contributed by atoms with Gasteiger partial charge in [-0.3, -0.25) is 10.1 Å². The van der Waals surface area contributed by atoms with Crippen LogP contribution in [0.25, 0.3) is 0 Å². The van der Waals surface area contributed by atoms with Crippen LogP contribution in [0, 0.1) is 15.9 Å². The standard InChI is InChI=1S/C13H9BrClFN2O2/c14-9-1-3-11(15)8(5-9)7-17-13-4-2-10(18(19)20)6-12(13)16/h1-6,17H,7H2. The van der Waals surface area contributed by atoms with E-state index in [1.165, 1.54) is 12.1 Å². The first kappa shape index (κ1) is 14.7. The molecule has 0 bridgehead atoms. The summed E-state index contributed by atoms with van der Waals surface area (Å²) in [6, 6.07) is 8.81. The molecule has 104 valence electrons. The van der Waals surface area contributed by atoms with Crippen LogP contribution >= 0.6 is 27.5 Å². The molecule has 0 radical (unpaired) electrons. The quantitative estimate of drug-likeness (QED) is 0.632. The normalized spacial score (nSPS) is 10.3. The van der Waals surface area contributed by atoms with Gasteiger partial charge in [-0.1, -0.05) is 27.5 Å². The second kappa shape index (κ2) is 6.19. The molecule has 1 N–H and O–H groups in total. The minimum absolute atomic E-state index is 0.187. The van der Waals surface area contributed by atoms with Crippen molar-refractivity contribution in [1.82, 2.24) is 0 Å². The van der Waals surface area contributed by atoms with Gasteiger partial charge in [0.2, 0.25) is 0 Å². The van der Waals surface area contributed by atoms with Crippen LogP contribution in [0.1, 0.15) is 5.56 Å². The van der Waals surface area contributed by atoms with E-state index < -0.39 is 10.7 Å². The fourth-order valence-electron chi connectivity index (χ4n) is 1.63. The van der Waals surface area contributed by atoms with Crippen molar-refractivity contribution in [3.63, 3.8) is 0 Å². The van der Waals surface area contributed by atoms with Gasteiger partial charge in [0.05, 0.1) is 16.7 Å². The molecular weight excluding hydrogens is 351 g/mol. The average molecular weight is 360 g/mol. The Morgan fingerprint density at radius 1 is 1.30 bits per heavy atom. The molecule has 0 atom stereocenters. The summed E-state index contributed by atoms with van der Waals surface area (Å²) in [5, 5.41) is 13.9. The molecule has 0 aliphatic heterocycles. The maximum Gasteiger partial charge on any atom is 0.272 e. The highest BCUT2D eigenvalue weighted by Crippen LogP contribution is 2.24. The van der Waals surface area contributed by atoms with Crippen LogP contribution in [0.4, 0.5) is 15.8 Å². The predicted octanol–water partition coefficient (Wildman–Crippen LogP) is 4.76. The molecular formula is C13H9BrClFN2O2. The molecule has 0 spiro atoms. The van der Waals surface area contributed by atoms with Gasteiger partial charge in [-0.15, -0.1) is 0 Å². The van der Waals surface area contributed by atoms with Gasteiger partial charge in [0, 0.05) is 22.1 Å². The van der Waals surface area contributed by atoms with Crippen molar-refractivity contribution in [3.8, 4) is 0 Å². The predicted molar refractivity (Wildman–Crippen MR) is 79.5 cm³/mol. The van der Waals surface area contributed by atoms with Gasteiger partial charge < -0.3 is 5.32 Å². The summed E-state index contributed by atoms with van der Waals surface area (Å²) in [4.78, 5) is 9.88. The second-order valence-corrected chi connectivity index (χ2v) is 5.33. The molecule has 0 fully saturated rings. The monoisotopic (exact) mass is 358 g/mol. The van der Waals surface area contributed by atoms with Crippen molar-refractivity contribution in [2.24, 2.45) is 0 Å². The van der Waals surface area contributed by atoms with Crippen molar-refractivity contribution in [1.29, 1.82) is 0 Å². The molecule has 0 saturated carbocycles. The number of rotatable bonds is 4. The number of nitrogens with one attached hydrogen (secondary N) is 1. The van der Waals surface area contributed by atoms with Gasteiger partial charge in [-0.25, -0.2) is 4.39 Å². The minimum Gasteiger partial charge on any atom is -0.379 e. The largest absolute Gasteiger partial charge is 0.379 e. The molecule has 0 amide bonds. The van der Waals surface area contributed by atoms with Gasteiger partial charge in [0.25, 0.3) is 5.69 Å². The second-order valence-electron chi connectivity index (χ2n) is 4.01. The highest BCUT2D eigenvalue weighted by molar-refractivity contribution is 9.10. The van der Waals surface area contributed by atoms with Gasteiger partial charge in [-0.2, -0.15) is 0 Å². The maximum atomic E-state index is 13.7. The van der Waals surface area contributed by atoms with E-state index in [4.69, 9.17) is 11.6 Å². The van der Waals surface area contributed by atoms with E-state index in [2.05, 4.69) is 21.2 Å². The third-order valence-electron chi connectivity index (χ3n) is 2.64. The molecule has 2 rings (SSSR count). The Morgan fingerprint density at radius 2 is 2.05 bits per heavy atom. The molecule has 4 nitrogen and oxygen atoms in total. The lowest BCUT2D eigenvalue weighted by atomic mass is 10.2. The van der Waals surface area contributed by atoms with E-state index in [-0.39, 0.29) is 11.4 Å². The number of non-ortho nitro benzene ring substituents is 1. The molecule has 0 aliphatic rings. The summed E-state index contributed by atoms with van der Waals surface area (Å²) < 4.78 is 14.5. The summed E-state index contributed by atoms with van der Waals surface area (Å²) in [6.45, 7) is 0.313. The Hall–Kier alpha value is -1.66. The number of hydrogen-bond donors (Lipinski definition) is 1. The topological polar surface area (TPSA) is 55.2 Å². The van der Waals surface area contributed by atoms with Gasteiger partial charge in [0.15, 0.2) is 5.82 Å². The molecule has 7 heteroatoms. The van der Waals surface area contributed by atoms with Crippen molar-refractivity contribution in [3.05, 3.63) is 67.4 Å². The maximum absolute atomic E-state index is 13.7. The average Bonchev–Trinajstić information content (AvgIpc) is 2.40. The number of nitro benzene ring substituents is 1. The zero-order chi connectivity index (χ0) is 14.7. The first-order valence-electron chi connectivity index (χ1n) is 5.59. The minimum atomic E-state index is -0.676. The van der Waals surface area contributed by atoms with Crippen molar-refractivity contribution in [2.75, 3.05) is 5.32 Å². The summed E-state index contributed by atoms with van der Waals surface area (Å²) in [7, 11) is 0. The molecule has 2 aromatic carbocycles. The highest BCUT2D eigenvalue weighted by Gasteiger charge is 2.11. The number of hydrogen-bond acceptors (Lipinski definition) is 3. The Kier molecular flexibility index (Phi) is 4.57. The van der Waals surface area contributed by atoms with E-state index in [0.29, 0.717) is 11.6 Å². The molecule has 2 aromatic rings. The van der Waals surface area contributed by atoms with Gasteiger partial charge in [0.1, 0.15) is 0 Å². The fraction of sp³-hybridized carbons (Fsp3) is 0.0769. The Morgan fingerprint density at radius 3 is 2.70 bits per heavy atom. The van der Waals surface area contributed by atoms with Crippen molar-refractivity contribution in [2.45, 2.75) is 6.54 Å². The van der Waals surface area contributed by atoms with Crippen LogP contribution in [-0.4, -0.2) is 4.92 Å². The SMILES string of the molecule is O=[N+]([O-])c1ccc(NCc2cc(Br)ccc2Cl)c(F)c1. The Bertz CT molecular complexity index is 667. The van der Waals surface area contributed by atoms with Crippen LogP contribution in [0.15, 0.2) is 40.9 Å². The number of anilines is 1. The molecule has 0 aliphatic carbocycles. The summed E-state index contributed by atoms with van der Waals surface area (Å²) >= 11 is 9.35. The molecule has 0 aromatic heterocycles. The number of nitro groups is 1. The molecule has 0 heterocycles. The lowest BCUT2D eigenvalue weighted by molar-refractivity contribution is -0.385. The number of benzene rings is 2. The third-order valence-corrected chi connectivity index (χ3v) is 3.50. The summed E-state index contributed by atoms with van der Waals surface area (Å²) in [6.07, 6.45) is 0. The van der Waals surface area contributed by atoms with E-state index in [1.54, 1.807) is 12.1 Å². The van der Waals surface area contributed by atoms with Crippen LogP contribution in [0.3, 0.4) is 0 Å². The van der Waals surface area contributed by atoms with Crippen molar-refractivity contribution >= 4 is 38.9 Å². The zero-order valence-corrected chi connectivity index (χ0v) is 12.4. The van der Waals surface area contributed by atoms with E-state index in [9.17, 15) is 14.5 Å². The molecule has 0 unspecified atom stereocenters. The van der Waals surface area contributed by atoms with Crippen molar-refractivity contribution < 1.29 is 9.31 Å². The first-order valence-corrected chi connectivity index (χ1v) is 6.76. The van der Waals surface area contributed by atoms with Crippen LogP contribution in [-0.2, 0) is 6.54 Å². The zero-order valence-electron chi connectivity index (χ0n) is 10.1. The number of nitrogens with zero attached hydrogens (tertiary/aromatic N) is 1. The highest BCUT2D eigenvalue weighted by atomic mass is 79.9. The summed E-state index contributed by atoms with van der Waals surface area (Å²) in [5.41, 5.74) is 0.693. The van der Waals surface area contributed by atoms with E-state index in [0.717, 1.165) is 16.1 Å². The van der Waals surface area contributed by atoms with Gasteiger partial charge in [-0.05, 0) is 29.8 Å². The summed E-state index contributed by atoms with van der Waals surface area (Å²) in [5.74, 6) is -0.676. The van der Waals surface area contributed by atoms with E-state index in [1.807, 2.05) is 6.07 Å². The Labute approximate surface area is 127 Å². The lowest BCUT2D eigenvalue weighted by Gasteiger charge is -2.09. The molecule has 20 heavy (non-hydrogen) atoms. The van der Waals surface area contributed by atoms with E-state index >= 15 is 0 Å². The third kappa shape index (κ3) is 3.46. The fourth-order valence-corrected chi connectivity index (χ4v) is 2.22. The van der Waals surface area contributed by atoms with Gasteiger partial charge >= 0.3 is 0 Å². The smallest absolute Gasteiger partial charge is 0.272 e. The van der Waals surface area contributed by atoms with Crippen LogP contribution < -0.4 is 5.32 Å². The van der Waals surface area contributed by atoms with Crippen LogP contribution in [0.2, 0.25) is 5.02 Å². The number of halogens is 3. The molecule has 0 saturated heterocycles.